The number of rotatable bonds is 8. The van der Waals surface area contributed by atoms with Crippen molar-refractivity contribution in [2.24, 2.45) is 0 Å². The van der Waals surface area contributed by atoms with Crippen LogP contribution in [0.25, 0.3) is 32.0 Å². The minimum absolute atomic E-state index is 0.0212. The third-order valence-corrected chi connectivity index (χ3v) is 8.85. The average Bonchev–Trinajstić information content (AvgIpc) is 3.56. The van der Waals surface area contributed by atoms with Crippen molar-refractivity contribution in [1.29, 1.82) is 0 Å². The molecule has 9 nitrogen and oxygen atoms in total. The first-order valence-electron chi connectivity index (χ1n) is 15.0. The van der Waals surface area contributed by atoms with E-state index in [4.69, 9.17) is 14.2 Å². The summed E-state index contributed by atoms with van der Waals surface area (Å²) in [6.45, 7) is 0.116. The summed E-state index contributed by atoms with van der Waals surface area (Å²) in [5.74, 6) is -1.98. The largest absolute Gasteiger partial charge is 0.488 e. The molecule has 7 aromatic rings. The maximum atomic E-state index is 13.9. The third kappa shape index (κ3) is 8.24. The molecule has 3 aromatic heterocycles. The molecule has 0 atom stereocenters. The first-order valence-corrected chi connectivity index (χ1v) is 16.6. The molecule has 0 N–H and O–H groups in total. The molecule has 0 spiro atoms. The van der Waals surface area contributed by atoms with Crippen molar-refractivity contribution in [3.63, 3.8) is 0 Å². The molecular weight excluding hydrogens is 751 g/mol. The summed E-state index contributed by atoms with van der Waals surface area (Å²) in [5.41, 5.74) is 2.17. The number of carbonyl (C=O) groups excluding carboxylic acids is 2. The number of esters is 2. The van der Waals surface area contributed by atoms with E-state index in [0.29, 0.717) is 37.6 Å². The highest BCUT2D eigenvalue weighted by Crippen LogP contribution is 2.30. The van der Waals surface area contributed by atoms with Crippen LogP contribution in [0.1, 0.15) is 31.5 Å². The molecule has 14 heteroatoms. The molecule has 0 aliphatic heterocycles. The van der Waals surface area contributed by atoms with E-state index in [1.807, 2.05) is 24.3 Å². The topological polar surface area (TPSA) is 110 Å². The number of pyridine rings is 2. The van der Waals surface area contributed by atoms with Crippen molar-refractivity contribution in [3.05, 3.63) is 135 Å². The maximum absolute atomic E-state index is 13.9. The van der Waals surface area contributed by atoms with E-state index in [1.54, 1.807) is 12.1 Å². The highest BCUT2D eigenvalue weighted by molar-refractivity contribution is 9.10. The molecule has 0 saturated heterocycles. The Morgan fingerprint density at radius 3 is 1.78 bits per heavy atom. The van der Waals surface area contributed by atoms with Crippen molar-refractivity contribution in [2.75, 3.05) is 14.2 Å². The zero-order chi connectivity index (χ0) is 36.1. The van der Waals surface area contributed by atoms with Gasteiger partial charge in [0.1, 0.15) is 47.2 Å². The molecule has 0 saturated carbocycles. The first kappa shape index (κ1) is 35.2. The standard InChI is InChI=1S/C19H13FN2O3S.C18H12BrF2NO3/c1-24-19(23)15-9-16(12-8-11(20)6-7-13(12)21-15)25-10-18-22-14-4-2-3-5-17(14)26-18;1-24-18(23)16-8-17(13-7-12(20)4-5-15(13)22-16)25-9-10-2-3-11(19)6-14(10)21/h2-9H,10H2,1H3;2-8H,9H2,1H3. The van der Waals surface area contributed by atoms with Gasteiger partial charge in [0.2, 0.25) is 0 Å². The summed E-state index contributed by atoms with van der Waals surface area (Å²) in [4.78, 5) is 36.5. The Balaban J connectivity index is 0.000000176. The lowest BCUT2D eigenvalue weighted by molar-refractivity contribution is 0.0585. The van der Waals surface area contributed by atoms with Crippen LogP contribution in [0.4, 0.5) is 13.2 Å². The Kier molecular flexibility index (Phi) is 10.7. The number of ether oxygens (including phenoxy) is 4. The van der Waals surface area contributed by atoms with E-state index < -0.39 is 29.4 Å². The van der Waals surface area contributed by atoms with Crippen molar-refractivity contribution >= 4 is 71.2 Å². The molecule has 4 aromatic carbocycles. The lowest BCUT2D eigenvalue weighted by atomic mass is 10.1. The Morgan fingerprint density at radius 1 is 0.667 bits per heavy atom. The number of fused-ring (bicyclic) bond motifs is 3. The monoisotopic (exact) mass is 775 g/mol. The number of benzene rings is 4. The lowest BCUT2D eigenvalue weighted by Crippen LogP contribution is -2.06. The van der Waals surface area contributed by atoms with Gasteiger partial charge >= 0.3 is 11.9 Å². The molecule has 0 radical (unpaired) electrons. The molecule has 0 unspecified atom stereocenters. The van der Waals surface area contributed by atoms with E-state index >= 15 is 0 Å². The fraction of sp³-hybridized carbons (Fsp3) is 0.108. The number of methoxy groups -OCH3 is 2. The lowest BCUT2D eigenvalue weighted by Gasteiger charge is -2.11. The van der Waals surface area contributed by atoms with Gasteiger partial charge in [-0.05, 0) is 60.7 Å². The Morgan fingerprint density at radius 2 is 1.24 bits per heavy atom. The van der Waals surface area contributed by atoms with Crippen LogP contribution in [-0.2, 0) is 22.7 Å². The van der Waals surface area contributed by atoms with Gasteiger partial charge in [-0.25, -0.2) is 37.7 Å². The molecule has 0 amide bonds. The van der Waals surface area contributed by atoms with E-state index in [-0.39, 0.29) is 30.4 Å². The van der Waals surface area contributed by atoms with Gasteiger partial charge in [0.15, 0.2) is 11.4 Å². The van der Waals surface area contributed by atoms with Crippen LogP contribution in [0, 0.1) is 17.5 Å². The van der Waals surface area contributed by atoms with E-state index in [1.165, 1.54) is 80.2 Å². The highest BCUT2D eigenvalue weighted by atomic mass is 79.9. The fourth-order valence-corrected chi connectivity index (χ4v) is 6.12. The number of hydrogen-bond donors (Lipinski definition) is 0. The molecule has 0 bridgehead atoms. The summed E-state index contributed by atoms with van der Waals surface area (Å²) in [5, 5.41) is 1.65. The number of hydrogen-bond acceptors (Lipinski definition) is 10. The minimum Gasteiger partial charge on any atom is -0.488 e. The van der Waals surface area contributed by atoms with Crippen LogP contribution in [-0.4, -0.2) is 41.1 Å². The van der Waals surface area contributed by atoms with E-state index in [0.717, 1.165) is 15.2 Å². The van der Waals surface area contributed by atoms with Crippen molar-refractivity contribution in [2.45, 2.75) is 13.2 Å². The van der Waals surface area contributed by atoms with Crippen LogP contribution < -0.4 is 9.47 Å². The number of nitrogens with zero attached hydrogens (tertiary/aromatic N) is 3. The van der Waals surface area contributed by atoms with Gasteiger partial charge in [0.05, 0.1) is 35.5 Å². The van der Waals surface area contributed by atoms with Gasteiger partial charge in [0, 0.05) is 32.9 Å². The van der Waals surface area contributed by atoms with Gasteiger partial charge in [-0.15, -0.1) is 11.3 Å². The normalized spacial score (nSPS) is 10.9. The number of aromatic nitrogens is 3. The molecule has 7 rings (SSSR count). The van der Waals surface area contributed by atoms with Crippen LogP contribution in [0.5, 0.6) is 11.5 Å². The fourth-order valence-electron chi connectivity index (χ4n) is 4.91. The molecule has 3 heterocycles. The number of carbonyl (C=O) groups is 2. The second-order valence-electron chi connectivity index (χ2n) is 10.7. The van der Waals surface area contributed by atoms with Gasteiger partial charge < -0.3 is 18.9 Å². The summed E-state index contributed by atoms with van der Waals surface area (Å²) in [6.07, 6.45) is 0. The van der Waals surface area contributed by atoms with Crippen molar-refractivity contribution in [1.82, 2.24) is 15.0 Å². The molecule has 51 heavy (non-hydrogen) atoms. The van der Waals surface area contributed by atoms with E-state index in [2.05, 4.69) is 35.6 Å². The van der Waals surface area contributed by atoms with Crippen molar-refractivity contribution in [3.8, 4) is 11.5 Å². The van der Waals surface area contributed by atoms with Gasteiger partial charge in [0.25, 0.3) is 0 Å². The van der Waals surface area contributed by atoms with Crippen LogP contribution >= 0.6 is 27.3 Å². The Bertz CT molecular complexity index is 2390. The molecular formula is C37H25BrF3N3O6S. The third-order valence-electron chi connectivity index (χ3n) is 7.34. The molecule has 258 valence electrons. The summed E-state index contributed by atoms with van der Waals surface area (Å²) < 4.78 is 63.7. The quantitative estimate of drug-likeness (QED) is 0.140. The second-order valence-corrected chi connectivity index (χ2v) is 12.7. The van der Waals surface area contributed by atoms with Crippen LogP contribution in [0.2, 0.25) is 0 Å². The summed E-state index contributed by atoms with van der Waals surface area (Å²) >= 11 is 4.71. The zero-order valence-corrected chi connectivity index (χ0v) is 29.2. The van der Waals surface area contributed by atoms with Gasteiger partial charge in [-0.2, -0.15) is 0 Å². The predicted molar refractivity (Wildman–Crippen MR) is 188 cm³/mol. The number of thiazole rings is 1. The summed E-state index contributed by atoms with van der Waals surface area (Å²) in [7, 11) is 2.51. The smallest absolute Gasteiger partial charge is 0.356 e. The first-order chi connectivity index (χ1) is 24.6. The number of halogens is 4. The van der Waals surface area contributed by atoms with Gasteiger partial charge in [-0.1, -0.05) is 34.1 Å². The van der Waals surface area contributed by atoms with Crippen LogP contribution in [0.3, 0.4) is 0 Å². The number of para-hydroxylation sites is 1. The summed E-state index contributed by atoms with van der Waals surface area (Å²) in [6, 6.07) is 23.2. The van der Waals surface area contributed by atoms with E-state index in [9.17, 15) is 22.8 Å². The zero-order valence-electron chi connectivity index (χ0n) is 26.8. The Hall–Kier alpha value is -5.60. The van der Waals surface area contributed by atoms with Gasteiger partial charge in [-0.3, -0.25) is 0 Å². The van der Waals surface area contributed by atoms with Crippen molar-refractivity contribution < 1.29 is 41.7 Å². The van der Waals surface area contributed by atoms with Crippen LogP contribution in [0.15, 0.2) is 95.5 Å². The average molecular weight is 777 g/mol. The SMILES string of the molecule is COC(=O)c1cc(OCc2ccc(Br)cc2F)c2cc(F)ccc2n1.COC(=O)c1cc(OCc2nc3ccccc3s2)c2cc(F)ccc2n1. The maximum Gasteiger partial charge on any atom is 0.356 e. The molecule has 0 aliphatic carbocycles. The molecule has 0 aliphatic rings. The highest BCUT2D eigenvalue weighted by Gasteiger charge is 2.16. The Labute approximate surface area is 300 Å². The predicted octanol–water partition coefficient (Wildman–Crippen LogP) is 8.99. The second kappa shape index (κ2) is 15.5. The minimum atomic E-state index is -0.647. The molecule has 0 fully saturated rings.